The van der Waals surface area contributed by atoms with Crippen LogP contribution in [0, 0.1) is 5.82 Å². The lowest BCUT2D eigenvalue weighted by Gasteiger charge is -2.02. The lowest BCUT2D eigenvalue weighted by Crippen LogP contribution is -2.25. The van der Waals surface area contributed by atoms with Gasteiger partial charge in [0.15, 0.2) is 11.5 Å². The van der Waals surface area contributed by atoms with Crippen LogP contribution in [0.3, 0.4) is 0 Å². The van der Waals surface area contributed by atoms with E-state index in [2.05, 4.69) is 15.5 Å². The van der Waals surface area contributed by atoms with Gasteiger partial charge in [0.1, 0.15) is 5.82 Å². The van der Waals surface area contributed by atoms with E-state index in [0.717, 1.165) is 16.5 Å². The first-order chi connectivity index (χ1) is 12.7. The van der Waals surface area contributed by atoms with Crippen LogP contribution < -0.4 is 5.32 Å². The highest BCUT2D eigenvalue weighted by atomic mass is 19.1. The molecule has 130 valence electrons. The van der Waals surface area contributed by atoms with Crippen molar-refractivity contribution in [2.45, 2.75) is 6.42 Å². The van der Waals surface area contributed by atoms with Crippen molar-refractivity contribution >= 4 is 16.8 Å². The van der Waals surface area contributed by atoms with Gasteiger partial charge in [-0.1, -0.05) is 35.5 Å². The Hall–Kier alpha value is -3.41. The molecule has 2 heterocycles. The molecule has 2 aromatic heterocycles. The van der Waals surface area contributed by atoms with Crippen molar-refractivity contribution in [1.29, 1.82) is 0 Å². The van der Waals surface area contributed by atoms with Crippen LogP contribution in [0.5, 0.6) is 0 Å². The van der Waals surface area contributed by atoms with Crippen molar-refractivity contribution in [2.75, 3.05) is 6.54 Å². The van der Waals surface area contributed by atoms with E-state index in [1.165, 1.54) is 12.1 Å². The molecule has 4 aromatic rings. The Morgan fingerprint density at radius 3 is 2.85 bits per heavy atom. The second-order valence-corrected chi connectivity index (χ2v) is 5.92. The number of fused-ring (bicyclic) bond motifs is 1. The number of carbonyl (C=O) groups is 1. The van der Waals surface area contributed by atoms with Gasteiger partial charge in [-0.25, -0.2) is 4.39 Å². The molecule has 0 bridgehead atoms. The fourth-order valence-electron chi connectivity index (χ4n) is 2.91. The molecular formula is C20H16FN3O2. The first-order valence-electron chi connectivity index (χ1n) is 8.27. The number of para-hydroxylation sites is 1. The summed E-state index contributed by atoms with van der Waals surface area (Å²) in [5, 5.41) is 7.70. The molecule has 26 heavy (non-hydrogen) atoms. The van der Waals surface area contributed by atoms with E-state index in [1.807, 2.05) is 30.5 Å². The van der Waals surface area contributed by atoms with E-state index >= 15 is 0 Å². The van der Waals surface area contributed by atoms with Crippen LogP contribution in [0.2, 0.25) is 0 Å². The van der Waals surface area contributed by atoms with Gasteiger partial charge >= 0.3 is 0 Å². The second-order valence-electron chi connectivity index (χ2n) is 5.92. The molecule has 0 saturated carbocycles. The fraction of sp³-hybridized carbons (Fsp3) is 0.100. The molecule has 4 rings (SSSR count). The maximum Gasteiger partial charge on any atom is 0.273 e. The number of hydrogen-bond acceptors (Lipinski definition) is 3. The topological polar surface area (TPSA) is 70.9 Å². The minimum Gasteiger partial charge on any atom is -0.361 e. The molecule has 5 nitrogen and oxygen atoms in total. The van der Waals surface area contributed by atoms with E-state index in [0.29, 0.717) is 13.0 Å². The van der Waals surface area contributed by atoms with Crippen LogP contribution in [0.15, 0.2) is 65.3 Å². The summed E-state index contributed by atoms with van der Waals surface area (Å²) in [7, 11) is 0. The number of nitrogens with one attached hydrogen (secondary N) is 2. The average Bonchev–Trinajstić information content (AvgIpc) is 3.30. The molecule has 1 amide bonds. The molecule has 6 heteroatoms. The normalized spacial score (nSPS) is 11.0. The Morgan fingerprint density at radius 2 is 1.96 bits per heavy atom. The van der Waals surface area contributed by atoms with Gasteiger partial charge in [-0.3, -0.25) is 4.79 Å². The molecule has 0 aliphatic heterocycles. The fourth-order valence-corrected chi connectivity index (χ4v) is 2.91. The monoisotopic (exact) mass is 349 g/mol. The molecule has 0 aliphatic rings. The van der Waals surface area contributed by atoms with E-state index < -0.39 is 5.82 Å². The van der Waals surface area contributed by atoms with Crippen LogP contribution in [-0.4, -0.2) is 22.6 Å². The third-order valence-corrected chi connectivity index (χ3v) is 4.24. The van der Waals surface area contributed by atoms with E-state index in [9.17, 15) is 9.18 Å². The third kappa shape index (κ3) is 3.09. The van der Waals surface area contributed by atoms with Crippen LogP contribution in [0.1, 0.15) is 16.1 Å². The zero-order chi connectivity index (χ0) is 17.9. The molecule has 0 radical (unpaired) electrons. The molecule has 0 unspecified atom stereocenters. The number of hydrogen-bond donors (Lipinski definition) is 2. The standard InChI is InChI=1S/C20H16FN3O2/c21-16-7-3-1-6-15(16)19-11-18(24-26-19)20(25)22-10-9-13-12-23-17-8-4-2-5-14(13)17/h1-8,11-12,23H,9-10H2,(H,22,25). The summed E-state index contributed by atoms with van der Waals surface area (Å²) >= 11 is 0. The van der Waals surface area contributed by atoms with Crippen LogP contribution in [0.4, 0.5) is 4.39 Å². The highest BCUT2D eigenvalue weighted by Gasteiger charge is 2.15. The largest absolute Gasteiger partial charge is 0.361 e. The van der Waals surface area contributed by atoms with Crippen molar-refractivity contribution in [3.63, 3.8) is 0 Å². The summed E-state index contributed by atoms with van der Waals surface area (Å²) in [6, 6.07) is 15.7. The minimum absolute atomic E-state index is 0.127. The predicted molar refractivity (Wildman–Crippen MR) is 96.2 cm³/mol. The molecule has 0 atom stereocenters. The van der Waals surface area contributed by atoms with Crippen molar-refractivity contribution in [3.05, 3.63) is 77.9 Å². The first-order valence-corrected chi connectivity index (χ1v) is 8.27. The van der Waals surface area contributed by atoms with E-state index in [-0.39, 0.29) is 22.9 Å². The van der Waals surface area contributed by atoms with Gasteiger partial charge in [-0.05, 0) is 30.2 Å². The molecule has 0 aliphatic carbocycles. The summed E-state index contributed by atoms with van der Waals surface area (Å²) in [5.41, 5.74) is 2.60. The molecular weight excluding hydrogens is 333 g/mol. The minimum atomic E-state index is -0.421. The van der Waals surface area contributed by atoms with E-state index in [4.69, 9.17) is 4.52 Å². The number of amides is 1. The van der Waals surface area contributed by atoms with Gasteiger partial charge < -0.3 is 14.8 Å². The van der Waals surface area contributed by atoms with Crippen LogP contribution >= 0.6 is 0 Å². The lowest BCUT2D eigenvalue weighted by molar-refractivity contribution is 0.0945. The van der Waals surface area contributed by atoms with Crippen molar-refractivity contribution in [2.24, 2.45) is 0 Å². The number of aromatic nitrogens is 2. The average molecular weight is 349 g/mol. The Balaban J connectivity index is 1.40. The Kier molecular flexibility index (Phi) is 4.23. The summed E-state index contributed by atoms with van der Waals surface area (Å²) in [6.07, 6.45) is 2.64. The third-order valence-electron chi connectivity index (χ3n) is 4.24. The number of aromatic amines is 1. The molecule has 0 spiro atoms. The Morgan fingerprint density at radius 1 is 1.15 bits per heavy atom. The second kappa shape index (κ2) is 6.84. The number of rotatable bonds is 5. The van der Waals surface area contributed by atoms with Crippen LogP contribution in [0.25, 0.3) is 22.2 Å². The summed E-state index contributed by atoms with van der Waals surface area (Å²) < 4.78 is 18.9. The maximum atomic E-state index is 13.8. The van der Waals surface area contributed by atoms with Crippen LogP contribution in [-0.2, 0) is 6.42 Å². The summed E-state index contributed by atoms with van der Waals surface area (Å²) in [5.74, 6) is -0.545. The number of benzene rings is 2. The number of halogens is 1. The first kappa shape index (κ1) is 16.1. The Bertz CT molecular complexity index is 1070. The highest BCUT2D eigenvalue weighted by molar-refractivity contribution is 5.93. The number of nitrogens with zero attached hydrogens (tertiary/aromatic N) is 1. The number of H-pyrrole nitrogens is 1. The SMILES string of the molecule is O=C(NCCc1c[nH]c2ccccc12)c1cc(-c2ccccc2F)on1. The van der Waals surface area contributed by atoms with Gasteiger partial charge in [0.05, 0.1) is 5.56 Å². The molecule has 2 N–H and O–H groups in total. The van der Waals surface area contributed by atoms with Crippen molar-refractivity contribution < 1.29 is 13.7 Å². The van der Waals surface area contributed by atoms with Gasteiger partial charge in [0.2, 0.25) is 0 Å². The lowest BCUT2D eigenvalue weighted by atomic mass is 10.1. The van der Waals surface area contributed by atoms with Crippen molar-refractivity contribution in [1.82, 2.24) is 15.5 Å². The maximum absolute atomic E-state index is 13.8. The Labute approximate surface area is 148 Å². The zero-order valence-corrected chi connectivity index (χ0v) is 13.8. The van der Waals surface area contributed by atoms with E-state index in [1.54, 1.807) is 18.2 Å². The highest BCUT2D eigenvalue weighted by Crippen LogP contribution is 2.23. The summed E-state index contributed by atoms with van der Waals surface area (Å²) in [6.45, 7) is 0.461. The van der Waals surface area contributed by atoms with Gasteiger partial charge in [-0.2, -0.15) is 0 Å². The van der Waals surface area contributed by atoms with Gasteiger partial charge in [0, 0.05) is 29.7 Å². The molecule has 0 fully saturated rings. The van der Waals surface area contributed by atoms with Gasteiger partial charge in [-0.15, -0.1) is 0 Å². The van der Waals surface area contributed by atoms with Gasteiger partial charge in [0.25, 0.3) is 5.91 Å². The molecule has 2 aromatic carbocycles. The predicted octanol–water partition coefficient (Wildman–Crippen LogP) is 3.93. The quantitative estimate of drug-likeness (QED) is 0.573. The zero-order valence-electron chi connectivity index (χ0n) is 13.8. The smallest absolute Gasteiger partial charge is 0.273 e. The number of carbonyl (C=O) groups excluding carboxylic acids is 1. The van der Waals surface area contributed by atoms with Crippen molar-refractivity contribution in [3.8, 4) is 11.3 Å². The molecule has 0 saturated heterocycles. The summed E-state index contributed by atoms with van der Waals surface area (Å²) in [4.78, 5) is 15.4.